The summed E-state index contributed by atoms with van der Waals surface area (Å²) in [4.78, 5) is 19.3. The van der Waals surface area contributed by atoms with Gasteiger partial charge in [-0.2, -0.15) is 5.26 Å². The van der Waals surface area contributed by atoms with Crippen molar-refractivity contribution in [2.24, 2.45) is 0 Å². The molecule has 0 amide bonds. The van der Waals surface area contributed by atoms with Crippen LogP contribution in [0.3, 0.4) is 0 Å². The lowest BCUT2D eigenvalue weighted by Gasteiger charge is -2.10. The highest BCUT2D eigenvalue weighted by atomic mass is 16.5. The van der Waals surface area contributed by atoms with E-state index < -0.39 is 0 Å². The molecule has 1 heterocycles. The second-order valence-electron chi connectivity index (χ2n) is 5.86. The Balaban J connectivity index is 2.02. The molecule has 2 aromatic carbocycles. The van der Waals surface area contributed by atoms with E-state index in [9.17, 15) is 10.1 Å². The third kappa shape index (κ3) is 3.98. The SMILES string of the molecule is CCCOc1ccc(C=C(C#N)c2nc3ccccc3c(=O)[nH]2)cc1OC. The number of para-hydroxylation sites is 1. The maximum Gasteiger partial charge on any atom is 0.259 e. The number of allylic oxidation sites excluding steroid dienone is 1. The molecule has 0 aliphatic carbocycles. The fourth-order valence-corrected chi connectivity index (χ4v) is 2.64. The molecule has 0 aliphatic heterocycles. The van der Waals surface area contributed by atoms with E-state index in [0.717, 1.165) is 12.0 Å². The highest BCUT2D eigenvalue weighted by Gasteiger charge is 2.10. The summed E-state index contributed by atoms with van der Waals surface area (Å²) in [7, 11) is 1.56. The maximum absolute atomic E-state index is 12.2. The minimum atomic E-state index is -0.280. The topological polar surface area (TPSA) is 88.0 Å². The van der Waals surface area contributed by atoms with Crippen LogP contribution in [-0.4, -0.2) is 23.7 Å². The number of H-pyrrole nitrogens is 1. The fraction of sp³-hybridized carbons (Fsp3) is 0.190. The van der Waals surface area contributed by atoms with E-state index >= 15 is 0 Å². The number of benzene rings is 2. The predicted octanol–water partition coefficient (Wildman–Crippen LogP) is 3.78. The number of aromatic amines is 1. The first-order valence-electron chi connectivity index (χ1n) is 8.58. The molecule has 3 aromatic rings. The summed E-state index contributed by atoms with van der Waals surface area (Å²) in [5, 5.41) is 10.0. The normalized spacial score (nSPS) is 11.2. The summed E-state index contributed by atoms with van der Waals surface area (Å²) in [6.45, 7) is 2.62. The first-order chi connectivity index (χ1) is 13.2. The number of rotatable bonds is 6. The molecule has 6 nitrogen and oxygen atoms in total. The Morgan fingerprint density at radius 1 is 1.26 bits per heavy atom. The quantitative estimate of drug-likeness (QED) is 0.675. The van der Waals surface area contributed by atoms with Gasteiger partial charge in [-0.1, -0.05) is 25.1 Å². The van der Waals surface area contributed by atoms with Crippen LogP contribution in [0.4, 0.5) is 0 Å². The van der Waals surface area contributed by atoms with Crippen LogP contribution in [-0.2, 0) is 0 Å². The Kier molecular flexibility index (Phi) is 5.53. The largest absolute Gasteiger partial charge is 0.493 e. The molecule has 0 atom stereocenters. The molecule has 0 radical (unpaired) electrons. The number of nitriles is 1. The van der Waals surface area contributed by atoms with Gasteiger partial charge in [0, 0.05) is 0 Å². The van der Waals surface area contributed by atoms with Gasteiger partial charge in [0.25, 0.3) is 5.56 Å². The van der Waals surface area contributed by atoms with E-state index in [-0.39, 0.29) is 17.0 Å². The smallest absolute Gasteiger partial charge is 0.259 e. The lowest BCUT2D eigenvalue weighted by Crippen LogP contribution is -2.11. The zero-order valence-corrected chi connectivity index (χ0v) is 15.2. The Hall–Kier alpha value is -3.59. The van der Waals surface area contributed by atoms with E-state index in [0.29, 0.717) is 29.0 Å². The standard InChI is InChI=1S/C21H19N3O3/c1-3-10-27-18-9-8-14(12-19(18)26-2)11-15(13-22)20-23-17-7-5-4-6-16(17)21(25)24-20/h4-9,11-12H,3,10H2,1-2H3,(H,23,24,25). The molecule has 3 rings (SSSR count). The number of nitrogens with one attached hydrogen (secondary N) is 1. The monoisotopic (exact) mass is 361 g/mol. The van der Waals surface area contributed by atoms with Crippen molar-refractivity contribution in [3.05, 3.63) is 64.2 Å². The number of methoxy groups -OCH3 is 1. The second-order valence-corrected chi connectivity index (χ2v) is 5.86. The highest BCUT2D eigenvalue weighted by molar-refractivity contribution is 5.89. The minimum absolute atomic E-state index is 0.228. The summed E-state index contributed by atoms with van der Waals surface area (Å²) in [6, 6.07) is 14.5. The van der Waals surface area contributed by atoms with Gasteiger partial charge in [0.2, 0.25) is 0 Å². The fourth-order valence-electron chi connectivity index (χ4n) is 2.64. The van der Waals surface area contributed by atoms with Crippen molar-refractivity contribution in [3.8, 4) is 17.6 Å². The third-order valence-corrected chi connectivity index (χ3v) is 3.95. The average molecular weight is 361 g/mol. The molecule has 0 unspecified atom stereocenters. The minimum Gasteiger partial charge on any atom is -0.493 e. The molecule has 1 aromatic heterocycles. The van der Waals surface area contributed by atoms with Gasteiger partial charge < -0.3 is 14.5 Å². The highest BCUT2D eigenvalue weighted by Crippen LogP contribution is 2.29. The predicted molar refractivity (Wildman–Crippen MR) is 105 cm³/mol. The molecule has 6 heteroatoms. The molecule has 0 bridgehead atoms. The van der Waals surface area contributed by atoms with Crippen LogP contribution in [0.2, 0.25) is 0 Å². The Bertz CT molecular complexity index is 1090. The molecule has 1 N–H and O–H groups in total. The molecular weight excluding hydrogens is 342 g/mol. The van der Waals surface area contributed by atoms with Crippen LogP contribution in [0, 0.1) is 11.3 Å². The number of ether oxygens (including phenoxy) is 2. The van der Waals surface area contributed by atoms with Crippen LogP contribution >= 0.6 is 0 Å². The van der Waals surface area contributed by atoms with Crippen LogP contribution in [0.5, 0.6) is 11.5 Å². The van der Waals surface area contributed by atoms with E-state index in [1.54, 1.807) is 49.6 Å². The number of nitrogens with zero attached hydrogens (tertiary/aromatic N) is 2. The van der Waals surface area contributed by atoms with E-state index in [1.165, 1.54) is 0 Å². The molecule has 0 aliphatic rings. The summed E-state index contributed by atoms with van der Waals surface area (Å²) in [6.07, 6.45) is 2.55. The van der Waals surface area contributed by atoms with E-state index in [2.05, 4.69) is 16.0 Å². The van der Waals surface area contributed by atoms with Crippen molar-refractivity contribution in [2.45, 2.75) is 13.3 Å². The van der Waals surface area contributed by atoms with Crippen molar-refractivity contribution in [2.75, 3.05) is 13.7 Å². The molecule has 0 fully saturated rings. The van der Waals surface area contributed by atoms with Gasteiger partial charge in [-0.05, 0) is 42.3 Å². The summed E-state index contributed by atoms with van der Waals surface area (Å²) in [5.74, 6) is 1.45. The Morgan fingerprint density at radius 2 is 2.07 bits per heavy atom. The lowest BCUT2D eigenvalue weighted by atomic mass is 10.1. The number of fused-ring (bicyclic) bond motifs is 1. The third-order valence-electron chi connectivity index (χ3n) is 3.95. The van der Waals surface area contributed by atoms with Crippen molar-refractivity contribution in [3.63, 3.8) is 0 Å². The van der Waals surface area contributed by atoms with Crippen LogP contribution < -0.4 is 15.0 Å². The van der Waals surface area contributed by atoms with E-state index in [1.807, 2.05) is 13.0 Å². The average Bonchev–Trinajstić information content (AvgIpc) is 2.70. The van der Waals surface area contributed by atoms with Gasteiger partial charge in [0.15, 0.2) is 17.3 Å². The summed E-state index contributed by atoms with van der Waals surface area (Å²) >= 11 is 0. The lowest BCUT2D eigenvalue weighted by molar-refractivity contribution is 0.294. The van der Waals surface area contributed by atoms with Gasteiger partial charge in [-0.25, -0.2) is 4.98 Å². The van der Waals surface area contributed by atoms with Gasteiger partial charge in [0.1, 0.15) is 6.07 Å². The Morgan fingerprint density at radius 3 is 2.81 bits per heavy atom. The van der Waals surface area contributed by atoms with Crippen LogP contribution in [0.25, 0.3) is 22.6 Å². The molecule has 136 valence electrons. The number of hydrogen-bond donors (Lipinski definition) is 1. The Labute approximate surface area is 156 Å². The summed E-state index contributed by atoms with van der Waals surface area (Å²) < 4.78 is 11.0. The van der Waals surface area contributed by atoms with Gasteiger partial charge in [0.05, 0.1) is 30.2 Å². The molecule has 0 saturated carbocycles. The number of hydrogen-bond acceptors (Lipinski definition) is 5. The van der Waals surface area contributed by atoms with Crippen LogP contribution in [0.1, 0.15) is 24.7 Å². The van der Waals surface area contributed by atoms with Crippen molar-refractivity contribution in [1.82, 2.24) is 9.97 Å². The van der Waals surface area contributed by atoms with Crippen molar-refractivity contribution in [1.29, 1.82) is 5.26 Å². The maximum atomic E-state index is 12.2. The molecular formula is C21H19N3O3. The van der Waals surface area contributed by atoms with Gasteiger partial charge in [-0.3, -0.25) is 4.79 Å². The first kappa shape index (κ1) is 18.2. The molecule has 0 spiro atoms. The zero-order valence-electron chi connectivity index (χ0n) is 15.2. The second kappa shape index (κ2) is 8.19. The molecule has 0 saturated heterocycles. The zero-order chi connectivity index (χ0) is 19.2. The number of aromatic nitrogens is 2. The molecule has 27 heavy (non-hydrogen) atoms. The van der Waals surface area contributed by atoms with Crippen molar-refractivity contribution < 1.29 is 9.47 Å². The van der Waals surface area contributed by atoms with Gasteiger partial charge >= 0.3 is 0 Å². The summed E-state index contributed by atoms with van der Waals surface area (Å²) in [5.41, 5.74) is 1.25. The first-order valence-corrected chi connectivity index (χ1v) is 8.58. The van der Waals surface area contributed by atoms with E-state index in [4.69, 9.17) is 9.47 Å². The van der Waals surface area contributed by atoms with Crippen LogP contribution in [0.15, 0.2) is 47.3 Å². The van der Waals surface area contributed by atoms with Gasteiger partial charge in [-0.15, -0.1) is 0 Å². The van der Waals surface area contributed by atoms with Crippen molar-refractivity contribution >= 4 is 22.6 Å².